The van der Waals surface area contributed by atoms with Crippen molar-refractivity contribution < 1.29 is 14.3 Å². The molecule has 5 heteroatoms. The van der Waals surface area contributed by atoms with Gasteiger partial charge in [0.15, 0.2) is 0 Å². The Kier molecular flexibility index (Phi) is 5.72. The highest BCUT2D eigenvalue weighted by Crippen LogP contribution is 2.16. The third-order valence-electron chi connectivity index (χ3n) is 3.73. The fourth-order valence-electron chi connectivity index (χ4n) is 2.44. The molecule has 0 aliphatic carbocycles. The Morgan fingerprint density at radius 1 is 1.00 bits per heavy atom. The Bertz CT molecular complexity index is 931. The van der Waals surface area contributed by atoms with Crippen LogP contribution in [0.4, 0.5) is 0 Å². The Balaban J connectivity index is 1.50. The highest BCUT2D eigenvalue weighted by atomic mass is 16.5. The summed E-state index contributed by atoms with van der Waals surface area (Å²) in [6.07, 6.45) is 4.77. The lowest BCUT2D eigenvalue weighted by Gasteiger charge is -2.05. The van der Waals surface area contributed by atoms with E-state index in [1.54, 1.807) is 12.3 Å². The lowest BCUT2D eigenvalue weighted by molar-refractivity contribution is -0.144. The van der Waals surface area contributed by atoms with E-state index in [0.29, 0.717) is 0 Å². The Labute approximate surface area is 151 Å². The van der Waals surface area contributed by atoms with E-state index in [0.717, 1.165) is 22.0 Å². The standard InChI is InChI=1S/C21H18N2O3/c24-19(23-14-20(25)26-15-16-6-2-1-3-7-16)12-11-18-9-4-8-17-10-5-13-22-21(17)18/h1-13H,14-15H2,(H,23,24)/b12-11+. The Hall–Kier alpha value is -3.47. The predicted molar refractivity (Wildman–Crippen MR) is 100 cm³/mol. The van der Waals surface area contributed by atoms with Gasteiger partial charge in [0, 0.05) is 23.2 Å². The number of para-hydroxylation sites is 1. The maximum Gasteiger partial charge on any atom is 0.325 e. The number of fused-ring (bicyclic) bond motifs is 1. The van der Waals surface area contributed by atoms with Crippen LogP contribution in [0, 0.1) is 0 Å². The average Bonchev–Trinajstić information content (AvgIpc) is 2.70. The molecule has 26 heavy (non-hydrogen) atoms. The van der Waals surface area contributed by atoms with E-state index in [1.165, 1.54) is 6.08 Å². The first-order valence-corrected chi connectivity index (χ1v) is 8.21. The minimum atomic E-state index is -0.484. The van der Waals surface area contributed by atoms with Gasteiger partial charge < -0.3 is 10.1 Å². The molecule has 130 valence electrons. The highest BCUT2D eigenvalue weighted by Gasteiger charge is 2.05. The molecule has 0 radical (unpaired) electrons. The van der Waals surface area contributed by atoms with Crippen molar-refractivity contribution in [1.29, 1.82) is 0 Å². The molecule has 1 N–H and O–H groups in total. The van der Waals surface area contributed by atoms with Crippen LogP contribution in [0.1, 0.15) is 11.1 Å². The van der Waals surface area contributed by atoms with Gasteiger partial charge in [0.1, 0.15) is 13.2 Å². The molecule has 0 bridgehead atoms. The fraction of sp³-hybridized carbons (Fsp3) is 0.0952. The molecule has 0 saturated heterocycles. The molecule has 1 amide bonds. The number of nitrogens with one attached hydrogen (secondary N) is 1. The SMILES string of the molecule is O=C(/C=C/c1cccc2cccnc12)NCC(=O)OCc1ccccc1. The van der Waals surface area contributed by atoms with Gasteiger partial charge in [0.05, 0.1) is 5.52 Å². The fourth-order valence-corrected chi connectivity index (χ4v) is 2.44. The first-order valence-electron chi connectivity index (χ1n) is 8.21. The normalized spacial score (nSPS) is 10.8. The van der Waals surface area contributed by atoms with Gasteiger partial charge in [-0.1, -0.05) is 54.6 Å². The van der Waals surface area contributed by atoms with Gasteiger partial charge in [-0.3, -0.25) is 14.6 Å². The van der Waals surface area contributed by atoms with Crippen molar-refractivity contribution in [2.45, 2.75) is 6.61 Å². The maximum atomic E-state index is 11.9. The second kappa shape index (κ2) is 8.58. The predicted octanol–water partition coefficient (Wildman–Crippen LogP) is 3.11. The molecule has 0 fully saturated rings. The number of nitrogens with zero attached hydrogens (tertiary/aromatic N) is 1. The van der Waals surface area contributed by atoms with Crippen molar-refractivity contribution in [3.63, 3.8) is 0 Å². The van der Waals surface area contributed by atoms with Crippen molar-refractivity contribution in [3.8, 4) is 0 Å². The average molecular weight is 346 g/mol. The minimum Gasteiger partial charge on any atom is -0.460 e. The zero-order valence-electron chi connectivity index (χ0n) is 14.1. The molecule has 2 aromatic carbocycles. The summed E-state index contributed by atoms with van der Waals surface area (Å²) in [5.41, 5.74) is 2.56. The summed E-state index contributed by atoms with van der Waals surface area (Å²) in [7, 11) is 0. The first-order chi connectivity index (χ1) is 12.7. The van der Waals surface area contributed by atoms with Crippen molar-refractivity contribution >= 4 is 28.9 Å². The van der Waals surface area contributed by atoms with Crippen LogP contribution in [-0.2, 0) is 20.9 Å². The zero-order valence-corrected chi connectivity index (χ0v) is 14.1. The number of hydrogen-bond acceptors (Lipinski definition) is 4. The Morgan fingerprint density at radius 2 is 1.81 bits per heavy atom. The summed E-state index contributed by atoms with van der Waals surface area (Å²) in [4.78, 5) is 27.9. The van der Waals surface area contributed by atoms with Crippen LogP contribution in [0.25, 0.3) is 17.0 Å². The number of pyridine rings is 1. The quantitative estimate of drug-likeness (QED) is 0.550. The summed E-state index contributed by atoms with van der Waals surface area (Å²) in [6.45, 7) is 0.0108. The smallest absolute Gasteiger partial charge is 0.325 e. The van der Waals surface area contributed by atoms with Gasteiger partial charge in [0.25, 0.3) is 0 Å². The second-order valence-corrected chi connectivity index (χ2v) is 5.62. The molecular weight excluding hydrogens is 328 g/mol. The van der Waals surface area contributed by atoms with Crippen LogP contribution in [0.5, 0.6) is 0 Å². The lowest BCUT2D eigenvalue weighted by Crippen LogP contribution is -2.29. The molecule has 0 saturated carbocycles. The third kappa shape index (κ3) is 4.77. The summed E-state index contributed by atoms with van der Waals surface area (Å²) >= 11 is 0. The first kappa shape index (κ1) is 17.4. The molecule has 1 aromatic heterocycles. The van der Waals surface area contributed by atoms with Crippen molar-refractivity contribution in [2.24, 2.45) is 0 Å². The second-order valence-electron chi connectivity index (χ2n) is 5.62. The van der Waals surface area contributed by atoms with E-state index < -0.39 is 5.97 Å². The lowest BCUT2D eigenvalue weighted by atomic mass is 10.1. The van der Waals surface area contributed by atoms with E-state index in [4.69, 9.17) is 4.74 Å². The third-order valence-corrected chi connectivity index (χ3v) is 3.73. The van der Waals surface area contributed by atoms with Crippen molar-refractivity contribution in [3.05, 3.63) is 84.1 Å². The van der Waals surface area contributed by atoms with Gasteiger partial charge in [0.2, 0.25) is 5.91 Å². The van der Waals surface area contributed by atoms with E-state index in [-0.39, 0.29) is 19.1 Å². The number of ether oxygens (including phenoxy) is 1. The molecule has 0 aliphatic rings. The zero-order chi connectivity index (χ0) is 18.2. The highest BCUT2D eigenvalue weighted by molar-refractivity contribution is 5.96. The van der Waals surface area contributed by atoms with Crippen LogP contribution in [0.15, 0.2) is 72.9 Å². The molecule has 3 aromatic rings. The van der Waals surface area contributed by atoms with Crippen molar-refractivity contribution in [2.75, 3.05) is 6.54 Å². The van der Waals surface area contributed by atoms with Crippen LogP contribution in [0.3, 0.4) is 0 Å². The van der Waals surface area contributed by atoms with E-state index >= 15 is 0 Å². The molecule has 3 rings (SSSR count). The van der Waals surface area contributed by atoms with E-state index in [1.807, 2.05) is 60.7 Å². The van der Waals surface area contributed by atoms with Gasteiger partial charge >= 0.3 is 5.97 Å². The number of aromatic nitrogens is 1. The minimum absolute atomic E-state index is 0.177. The molecule has 0 atom stereocenters. The number of rotatable bonds is 6. The van der Waals surface area contributed by atoms with Crippen LogP contribution in [0.2, 0.25) is 0 Å². The largest absolute Gasteiger partial charge is 0.460 e. The summed E-state index contributed by atoms with van der Waals surface area (Å²) in [5.74, 6) is -0.850. The number of hydrogen-bond donors (Lipinski definition) is 1. The number of amides is 1. The molecule has 1 heterocycles. The molecule has 0 unspecified atom stereocenters. The van der Waals surface area contributed by atoms with Crippen LogP contribution < -0.4 is 5.32 Å². The van der Waals surface area contributed by atoms with Gasteiger partial charge in [-0.25, -0.2) is 0 Å². The summed E-state index contributed by atoms with van der Waals surface area (Å²) in [5, 5.41) is 3.52. The van der Waals surface area contributed by atoms with E-state index in [9.17, 15) is 9.59 Å². The number of carbonyl (C=O) groups excluding carboxylic acids is 2. The Morgan fingerprint density at radius 3 is 2.65 bits per heavy atom. The molecule has 0 aliphatic heterocycles. The van der Waals surface area contributed by atoms with Gasteiger partial charge in [-0.15, -0.1) is 0 Å². The summed E-state index contributed by atoms with van der Waals surface area (Å²) < 4.78 is 5.11. The summed E-state index contributed by atoms with van der Waals surface area (Å²) in [6, 6.07) is 18.9. The van der Waals surface area contributed by atoms with Gasteiger partial charge in [-0.05, 0) is 17.7 Å². The molecular formula is C21H18N2O3. The maximum absolute atomic E-state index is 11.9. The number of carbonyl (C=O) groups is 2. The molecule has 5 nitrogen and oxygen atoms in total. The van der Waals surface area contributed by atoms with Crippen LogP contribution in [-0.4, -0.2) is 23.4 Å². The number of esters is 1. The van der Waals surface area contributed by atoms with Crippen molar-refractivity contribution in [1.82, 2.24) is 10.3 Å². The number of benzene rings is 2. The van der Waals surface area contributed by atoms with E-state index in [2.05, 4.69) is 10.3 Å². The monoisotopic (exact) mass is 346 g/mol. The van der Waals surface area contributed by atoms with Gasteiger partial charge in [-0.2, -0.15) is 0 Å². The molecule has 0 spiro atoms. The van der Waals surface area contributed by atoms with Crippen LogP contribution >= 0.6 is 0 Å². The topological polar surface area (TPSA) is 68.3 Å².